The predicted molar refractivity (Wildman–Crippen MR) is 113 cm³/mol. The molecule has 0 bridgehead atoms. The van der Waals surface area contributed by atoms with Gasteiger partial charge in [-0.3, -0.25) is 0 Å². The van der Waals surface area contributed by atoms with Crippen molar-refractivity contribution in [2.45, 2.75) is 57.5 Å². The third-order valence-electron chi connectivity index (χ3n) is 7.57. The third kappa shape index (κ3) is 3.79. The number of rotatable bonds is 5. The van der Waals surface area contributed by atoms with Gasteiger partial charge in [-0.1, -0.05) is 6.92 Å². The molecule has 5 atom stereocenters. The molecular formula is C19H28N2O9S2. The molecule has 0 spiro atoms. The Morgan fingerprint density at radius 2 is 1.59 bits per heavy atom. The predicted octanol–water partition coefficient (Wildman–Crippen LogP) is 0.782. The zero-order chi connectivity index (χ0) is 23.6. The van der Waals surface area contributed by atoms with Gasteiger partial charge in [-0.15, -0.1) is 0 Å². The number of hydrogen-bond donors (Lipinski definition) is 4. The summed E-state index contributed by atoms with van der Waals surface area (Å²) < 4.78 is 62.3. The summed E-state index contributed by atoms with van der Waals surface area (Å²) in [5.41, 5.74) is 0.423. The molecule has 0 heterocycles. The van der Waals surface area contributed by atoms with Gasteiger partial charge in [-0.25, -0.2) is 0 Å². The van der Waals surface area contributed by atoms with Crippen LogP contribution in [0, 0.1) is 17.3 Å². The number of ether oxygens (including phenoxy) is 1. The van der Waals surface area contributed by atoms with Crippen molar-refractivity contribution in [2.75, 3.05) is 7.11 Å². The van der Waals surface area contributed by atoms with E-state index in [0.717, 1.165) is 6.42 Å². The maximum absolute atomic E-state index is 11.9. The molecule has 4 rings (SSSR count). The average molecular weight is 493 g/mol. The van der Waals surface area contributed by atoms with E-state index in [9.17, 15) is 27.0 Å². The first kappa shape index (κ1) is 23.4. The second-order valence-corrected chi connectivity index (χ2v) is 11.4. The molecular weight excluding hydrogens is 464 g/mol. The summed E-state index contributed by atoms with van der Waals surface area (Å²) in [6.07, 6.45) is 3.29. The van der Waals surface area contributed by atoms with E-state index in [2.05, 4.69) is 6.92 Å². The third-order valence-corrected chi connectivity index (χ3v) is 8.37. The number of hydrogen-bond acceptors (Lipinski definition) is 9. The smallest absolute Gasteiger partial charge is 0.380 e. The second kappa shape index (κ2) is 7.62. The van der Waals surface area contributed by atoms with Gasteiger partial charge in [0.1, 0.15) is 0 Å². The Hall–Kier alpha value is -1.80. The van der Waals surface area contributed by atoms with E-state index in [0.29, 0.717) is 36.8 Å². The number of fused-ring (bicyclic) bond motifs is 5. The normalized spacial score (nSPS) is 31.9. The summed E-state index contributed by atoms with van der Waals surface area (Å²) in [5, 5.41) is 31.5. The van der Waals surface area contributed by atoms with Gasteiger partial charge in [-0.05, 0) is 61.7 Å². The molecule has 0 aliphatic heterocycles. The number of aromatic hydroxyl groups is 1. The summed E-state index contributed by atoms with van der Waals surface area (Å²) >= 11 is 0. The van der Waals surface area contributed by atoms with Gasteiger partial charge in [0.05, 0.1) is 13.2 Å². The number of aliphatic hydroxyl groups is 1. The Morgan fingerprint density at radius 3 is 2.19 bits per heavy atom. The zero-order valence-corrected chi connectivity index (χ0v) is 19.4. The highest BCUT2D eigenvalue weighted by molar-refractivity contribution is 7.85. The van der Waals surface area contributed by atoms with E-state index in [1.54, 1.807) is 0 Å². The van der Waals surface area contributed by atoms with Crippen molar-refractivity contribution in [3.8, 4) is 23.0 Å². The molecule has 13 heteroatoms. The number of nitrogens with two attached hydrogens (primary N) is 2. The van der Waals surface area contributed by atoms with Gasteiger partial charge in [-0.2, -0.15) is 27.1 Å². The lowest BCUT2D eigenvalue weighted by Crippen LogP contribution is -2.44. The Morgan fingerprint density at radius 1 is 0.969 bits per heavy atom. The Labute approximate surface area is 187 Å². The second-order valence-electron chi connectivity index (χ2n) is 9.14. The van der Waals surface area contributed by atoms with Crippen molar-refractivity contribution >= 4 is 20.6 Å². The first-order valence-corrected chi connectivity index (χ1v) is 13.3. The molecule has 32 heavy (non-hydrogen) atoms. The molecule has 180 valence electrons. The van der Waals surface area contributed by atoms with Crippen LogP contribution in [0.4, 0.5) is 0 Å². The number of methoxy groups -OCH3 is 1. The van der Waals surface area contributed by atoms with Crippen molar-refractivity contribution in [2.24, 2.45) is 27.5 Å². The van der Waals surface area contributed by atoms with E-state index in [1.165, 1.54) is 7.11 Å². The van der Waals surface area contributed by atoms with E-state index in [1.807, 2.05) is 0 Å². The quantitative estimate of drug-likeness (QED) is 0.460. The molecule has 0 radical (unpaired) electrons. The maximum atomic E-state index is 11.9. The summed E-state index contributed by atoms with van der Waals surface area (Å²) in [6.45, 7) is 2.08. The van der Waals surface area contributed by atoms with Crippen LogP contribution < -0.4 is 23.4 Å². The lowest BCUT2D eigenvalue weighted by molar-refractivity contribution is -0.0229. The van der Waals surface area contributed by atoms with Gasteiger partial charge >= 0.3 is 20.6 Å². The van der Waals surface area contributed by atoms with Gasteiger partial charge in [0.15, 0.2) is 11.5 Å². The maximum Gasteiger partial charge on any atom is 0.380 e. The number of benzene rings is 1. The first-order valence-electron chi connectivity index (χ1n) is 10.3. The number of phenols is 1. The summed E-state index contributed by atoms with van der Waals surface area (Å²) in [6, 6.07) is 0. The SMILES string of the molecule is COc1c(O)c(OS(N)(=O)=O)c2c(c1OS(N)(=O)=O)[C@H]1CC[C@]3(C)[C@@H](O)CC[C@H]3[C@H]1CC2. The minimum absolute atomic E-state index is 0.0813. The van der Waals surface area contributed by atoms with Crippen LogP contribution in [0.5, 0.6) is 23.0 Å². The highest BCUT2D eigenvalue weighted by Crippen LogP contribution is 2.64. The van der Waals surface area contributed by atoms with Crippen LogP contribution in [0.3, 0.4) is 0 Å². The molecule has 2 saturated carbocycles. The highest BCUT2D eigenvalue weighted by atomic mass is 32.2. The van der Waals surface area contributed by atoms with Crippen LogP contribution in [0.25, 0.3) is 0 Å². The van der Waals surface area contributed by atoms with Gasteiger partial charge in [0, 0.05) is 11.1 Å². The van der Waals surface area contributed by atoms with Gasteiger partial charge in [0.2, 0.25) is 11.5 Å². The fourth-order valence-corrected chi connectivity index (χ4v) is 7.11. The summed E-state index contributed by atoms with van der Waals surface area (Å²) in [4.78, 5) is 0. The minimum Gasteiger partial charge on any atom is -0.502 e. The molecule has 3 aliphatic carbocycles. The number of phenolic OH excluding ortho intramolecular Hbond substituents is 1. The van der Waals surface area contributed by atoms with Crippen molar-refractivity contribution in [1.29, 1.82) is 0 Å². The largest absolute Gasteiger partial charge is 0.502 e. The molecule has 6 N–H and O–H groups in total. The molecule has 11 nitrogen and oxygen atoms in total. The van der Waals surface area contributed by atoms with E-state index >= 15 is 0 Å². The standard InChI is InChI=1S/C19H28N2O9S2/c1-19-8-7-10-9(12(19)5-6-13(19)22)3-4-11-14(10)17(30-32(21,26)27)18(28-2)15(23)16(11)29-31(20,24)25/h9-10,12-13,22-23H,3-8H2,1-2H3,(H2,20,24,25)(H2,21,26,27)/t9-,10-,12-,13-,19-/m0/s1. The van der Waals surface area contributed by atoms with Crippen LogP contribution in [-0.2, 0) is 27.0 Å². The van der Waals surface area contributed by atoms with Crippen molar-refractivity contribution in [1.82, 2.24) is 0 Å². The zero-order valence-electron chi connectivity index (χ0n) is 17.8. The topological polar surface area (TPSA) is 188 Å². The van der Waals surface area contributed by atoms with Crippen molar-refractivity contribution in [3.63, 3.8) is 0 Å². The van der Waals surface area contributed by atoms with E-state index in [4.69, 9.17) is 23.4 Å². The Kier molecular flexibility index (Phi) is 5.56. The van der Waals surface area contributed by atoms with Crippen LogP contribution >= 0.6 is 0 Å². The Bertz CT molecular complexity index is 1150. The summed E-state index contributed by atoms with van der Waals surface area (Å²) in [5.74, 6) is -1.80. The Balaban J connectivity index is 1.94. The molecule has 3 aliphatic rings. The fraction of sp³-hybridized carbons (Fsp3) is 0.684. The van der Waals surface area contributed by atoms with Crippen molar-refractivity contribution < 1.29 is 40.2 Å². The molecule has 1 aromatic rings. The molecule has 0 saturated heterocycles. The van der Waals surface area contributed by atoms with Crippen LogP contribution in [0.2, 0.25) is 0 Å². The van der Waals surface area contributed by atoms with Crippen LogP contribution in [0.15, 0.2) is 0 Å². The van der Waals surface area contributed by atoms with Gasteiger partial charge < -0.3 is 23.3 Å². The highest BCUT2D eigenvalue weighted by Gasteiger charge is 2.55. The van der Waals surface area contributed by atoms with Crippen LogP contribution in [0.1, 0.15) is 56.1 Å². The molecule has 1 aromatic carbocycles. The lowest BCUT2D eigenvalue weighted by atomic mass is 9.55. The van der Waals surface area contributed by atoms with Crippen molar-refractivity contribution in [3.05, 3.63) is 11.1 Å². The minimum atomic E-state index is -4.50. The average Bonchev–Trinajstić information content (AvgIpc) is 2.97. The molecule has 2 fully saturated rings. The first-order chi connectivity index (χ1) is 14.8. The van der Waals surface area contributed by atoms with Crippen LogP contribution in [-0.4, -0.2) is 40.3 Å². The molecule has 0 aromatic heterocycles. The van der Waals surface area contributed by atoms with E-state index < -0.39 is 44.0 Å². The molecule has 0 amide bonds. The summed E-state index contributed by atoms with van der Waals surface area (Å²) in [7, 11) is -7.83. The van der Waals surface area contributed by atoms with E-state index in [-0.39, 0.29) is 35.3 Å². The fourth-order valence-electron chi connectivity index (χ4n) is 6.30. The molecule has 0 unspecified atom stereocenters. The monoisotopic (exact) mass is 492 g/mol. The van der Waals surface area contributed by atoms with Gasteiger partial charge in [0.25, 0.3) is 0 Å². The lowest BCUT2D eigenvalue weighted by Gasteiger charge is -2.50. The number of aliphatic hydroxyl groups excluding tert-OH is 1.